The van der Waals surface area contributed by atoms with Gasteiger partial charge in [-0.05, 0) is 30.2 Å². The molecule has 24 heavy (non-hydrogen) atoms. The van der Waals surface area contributed by atoms with Gasteiger partial charge in [0.1, 0.15) is 11.0 Å². The van der Waals surface area contributed by atoms with E-state index in [0.29, 0.717) is 5.69 Å². The zero-order chi connectivity index (χ0) is 16.7. The van der Waals surface area contributed by atoms with Gasteiger partial charge < -0.3 is 10.5 Å². The molecule has 3 heteroatoms. The maximum Gasteiger partial charge on any atom is 0.155 e. The van der Waals surface area contributed by atoms with Gasteiger partial charge in [-0.15, -0.1) is 0 Å². The fourth-order valence-electron chi connectivity index (χ4n) is 3.36. The van der Waals surface area contributed by atoms with Crippen LogP contribution in [0.1, 0.15) is 26.7 Å². The molecular weight excluding hydrogens is 296 g/mol. The zero-order valence-corrected chi connectivity index (χ0v) is 14.0. The summed E-state index contributed by atoms with van der Waals surface area (Å²) >= 11 is 0. The maximum atomic E-state index is 6.20. The van der Waals surface area contributed by atoms with E-state index in [-0.39, 0.29) is 0 Å². The van der Waals surface area contributed by atoms with E-state index in [1.165, 1.54) is 10.8 Å². The van der Waals surface area contributed by atoms with Crippen LogP contribution < -0.4 is 21.0 Å². The minimum absolute atomic E-state index is 0.716. The molecule has 0 spiro atoms. The largest absolute Gasteiger partial charge is 0.453 e. The maximum absolute atomic E-state index is 6.20. The Morgan fingerprint density at radius 2 is 1.71 bits per heavy atom. The smallest absolute Gasteiger partial charge is 0.155 e. The fraction of sp³-hybridized carbons (Fsp3) is 0.190. The summed E-state index contributed by atoms with van der Waals surface area (Å²) in [6.45, 7) is 4.37. The lowest BCUT2D eigenvalue weighted by atomic mass is 10.0. The van der Waals surface area contributed by atoms with Crippen molar-refractivity contribution in [3.63, 3.8) is 0 Å². The third-order valence-electron chi connectivity index (χ3n) is 4.69. The summed E-state index contributed by atoms with van der Waals surface area (Å²) in [6.07, 6.45) is 2.08. The summed E-state index contributed by atoms with van der Waals surface area (Å²) in [4.78, 5) is 4.84. The minimum atomic E-state index is 0.716. The van der Waals surface area contributed by atoms with Gasteiger partial charge in [-0.1, -0.05) is 49.8 Å². The van der Waals surface area contributed by atoms with Crippen molar-refractivity contribution in [2.24, 2.45) is 4.99 Å². The first-order valence-electron chi connectivity index (χ1n) is 8.41. The van der Waals surface area contributed by atoms with E-state index >= 15 is 0 Å². The van der Waals surface area contributed by atoms with Crippen molar-refractivity contribution >= 4 is 27.7 Å². The van der Waals surface area contributed by atoms with Crippen LogP contribution in [0, 0.1) is 0 Å². The molecule has 0 amide bonds. The number of hydrogen-bond donors (Lipinski definition) is 1. The lowest BCUT2D eigenvalue weighted by Crippen LogP contribution is -2.16. The molecule has 0 fully saturated rings. The molecule has 120 valence electrons. The van der Waals surface area contributed by atoms with Crippen molar-refractivity contribution in [2.45, 2.75) is 26.7 Å². The Morgan fingerprint density at radius 3 is 2.46 bits per heavy atom. The summed E-state index contributed by atoms with van der Waals surface area (Å²) in [6, 6.07) is 16.2. The molecule has 0 unspecified atom stereocenters. The Labute approximate surface area is 141 Å². The summed E-state index contributed by atoms with van der Waals surface area (Å²) in [5.41, 5.74) is 9.19. The molecule has 1 aliphatic rings. The molecule has 1 aliphatic heterocycles. The standard InChI is InChI=1S/C21H20N2O/c1-3-13(4-2)14-9-10-18-19(11-14)24-20-12-17(22)15-7-5-6-8-16(15)21(20)23-18/h5-12H,3-4,22H2,1-2H3. The molecule has 3 aromatic rings. The lowest BCUT2D eigenvalue weighted by molar-refractivity contribution is 0.470. The average Bonchev–Trinajstić information content (AvgIpc) is 2.62. The second kappa shape index (κ2) is 5.68. The van der Waals surface area contributed by atoms with Crippen LogP contribution in [0.15, 0.2) is 53.5 Å². The highest BCUT2D eigenvalue weighted by atomic mass is 16.5. The van der Waals surface area contributed by atoms with Gasteiger partial charge >= 0.3 is 0 Å². The molecule has 0 saturated heterocycles. The van der Waals surface area contributed by atoms with Crippen molar-refractivity contribution in [1.82, 2.24) is 0 Å². The second-order valence-corrected chi connectivity index (χ2v) is 6.07. The first kappa shape index (κ1) is 14.8. The summed E-state index contributed by atoms with van der Waals surface area (Å²) in [5, 5.41) is 4.13. The third kappa shape index (κ3) is 2.24. The minimum Gasteiger partial charge on any atom is -0.453 e. The van der Waals surface area contributed by atoms with Gasteiger partial charge in [0.25, 0.3) is 0 Å². The predicted octanol–water partition coefficient (Wildman–Crippen LogP) is 4.45. The van der Waals surface area contributed by atoms with Crippen LogP contribution in [-0.4, -0.2) is 0 Å². The van der Waals surface area contributed by atoms with Gasteiger partial charge in [-0.3, -0.25) is 0 Å². The van der Waals surface area contributed by atoms with E-state index in [9.17, 15) is 0 Å². The van der Waals surface area contributed by atoms with Crippen molar-refractivity contribution in [2.75, 3.05) is 5.73 Å². The lowest BCUT2D eigenvalue weighted by Gasteiger charge is -2.17. The van der Waals surface area contributed by atoms with Gasteiger partial charge in [0, 0.05) is 22.5 Å². The molecule has 0 radical (unpaired) electrons. The number of benzene rings is 3. The molecule has 0 bridgehead atoms. The van der Waals surface area contributed by atoms with Crippen LogP contribution in [0.3, 0.4) is 0 Å². The Bertz CT molecular complexity index is 1060. The molecule has 0 aromatic heterocycles. The fourth-order valence-corrected chi connectivity index (χ4v) is 3.36. The molecule has 2 N–H and O–H groups in total. The van der Waals surface area contributed by atoms with E-state index in [1.54, 1.807) is 0 Å². The van der Waals surface area contributed by atoms with Gasteiger partial charge in [-0.2, -0.15) is 0 Å². The van der Waals surface area contributed by atoms with Crippen LogP contribution in [0.2, 0.25) is 0 Å². The first-order valence-corrected chi connectivity index (χ1v) is 8.41. The number of nitrogens with zero attached hydrogens (tertiary/aromatic N) is 1. The van der Waals surface area contributed by atoms with Crippen molar-refractivity contribution in [1.29, 1.82) is 0 Å². The van der Waals surface area contributed by atoms with E-state index in [1.807, 2.05) is 36.4 Å². The van der Waals surface area contributed by atoms with E-state index < -0.39 is 0 Å². The van der Waals surface area contributed by atoms with Crippen molar-refractivity contribution in [3.05, 3.63) is 59.1 Å². The number of rotatable bonds is 2. The molecule has 3 nitrogen and oxygen atoms in total. The zero-order valence-electron chi connectivity index (χ0n) is 14.0. The molecule has 4 rings (SSSR count). The first-order chi connectivity index (χ1) is 11.7. The topological polar surface area (TPSA) is 47.6 Å². The molecule has 1 heterocycles. The summed E-state index contributed by atoms with van der Waals surface area (Å²) < 4.78 is 6.16. The highest BCUT2D eigenvalue weighted by Crippen LogP contribution is 2.42. The highest BCUT2D eigenvalue weighted by molar-refractivity contribution is 6.03. The summed E-state index contributed by atoms with van der Waals surface area (Å²) in [7, 11) is 0. The Balaban J connectivity index is 2.00. The SMILES string of the molecule is CCC(CC)=c1ccc2c(c1)Oc1cc(N)c3ccccc3c1N=2. The van der Waals surface area contributed by atoms with E-state index in [4.69, 9.17) is 15.5 Å². The number of nitrogen functional groups attached to an aromatic ring is 1. The van der Waals surface area contributed by atoms with E-state index in [0.717, 1.165) is 46.2 Å². The number of anilines is 1. The Morgan fingerprint density at radius 1 is 0.958 bits per heavy atom. The summed E-state index contributed by atoms with van der Waals surface area (Å²) in [5.74, 6) is 1.53. The molecule has 3 aromatic carbocycles. The molecule has 0 aliphatic carbocycles. The Kier molecular flexibility index (Phi) is 3.49. The quantitative estimate of drug-likeness (QED) is 0.555. The van der Waals surface area contributed by atoms with Crippen molar-refractivity contribution in [3.8, 4) is 11.5 Å². The number of nitrogens with two attached hydrogens (primary N) is 1. The van der Waals surface area contributed by atoms with Crippen LogP contribution in [0.25, 0.3) is 16.3 Å². The Hall–Kier alpha value is -2.81. The third-order valence-corrected chi connectivity index (χ3v) is 4.69. The van der Waals surface area contributed by atoms with Crippen molar-refractivity contribution < 1.29 is 4.74 Å². The van der Waals surface area contributed by atoms with Crippen LogP contribution in [0.4, 0.5) is 11.4 Å². The van der Waals surface area contributed by atoms with Crippen LogP contribution in [0.5, 0.6) is 11.5 Å². The van der Waals surface area contributed by atoms with Gasteiger partial charge in [0.05, 0.1) is 0 Å². The number of hydrogen-bond acceptors (Lipinski definition) is 3. The molecule has 0 atom stereocenters. The van der Waals surface area contributed by atoms with Gasteiger partial charge in [0.2, 0.25) is 0 Å². The highest BCUT2D eigenvalue weighted by Gasteiger charge is 2.17. The van der Waals surface area contributed by atoms with Crippen LogP contribution >= 0.6 is 0 Å². The predicted molar refractivity (Wildman–Crippen MR) is 99.3 cm³/mol. The van der Waals surface area contributed by atoms with Gasteiger partial charge in [-0.25, -0.2) is 4.99 Å². The van der Waals surface area contributed by atoms with Gasteiger partial charge in [0.15, 0.2) is 11.5 Å². The average molecular weight is 316 g/mol. The molecular formula is C21H20N2O. The second-order valence-electron chi connectivity index (χ2n) is 6.07. The number of fused-ring (bicyclic) bond motifs is 4. The number of ether oxygens (including phenoxy) is 1. The molecule has 0 saturated carbocycles. The van der Waals surface area contributed by atoms with E-state index in [2.05, 4.69) is 26.0 Å². The monoisotopic (exact) mass is 316 g/mol. The normalized spacial score (nSPS) is 12.1. The van der Waals surface area contributed by atoms with Crippen LogP contribution in [-0.2, 0) is 0 Å².